The molecule has 1 fully saturated rings. The Balaban J connectivity index is 1.28. The van der Waals surface area contributed by atoms with Gasteiger partial charge in [-0.05, 0) is 13.0 Å². The van der Waals surface area contributed by atoms with E-state index < -0.39 is 0 Å². The zero-order valence-electron chi connectivity index (χ0n) is 15.8. The van der Waals surface area contributed by atoms with Crippen molar-refractivity contribution in [2.45, 2.75) is 11.3 Å². The smallest absolute Gasteiger partial charge is 0.274 e. The third-order valence-electron chi connectivity index (χ3n) is 4.82. The second kappa shape index (κ2) is 8.75. The number of rotatable bonds is 5. The predicted octanol–water partition coefficient (Wildman–Crippen LogP) is 3.37. The van der Waals surface area contributed by atoms with E-state index >= 15 is 0 Å². The summed E-state index contributed by atoms with van der Waals surface area (Å²) in [7, 11) is 0. The first-order valence-corrected chi connectivity index (χ1v) is 11.2. The Kier molecular flexibility index (Phi) is 5.92. The number of nitrogens with one attached hydrogen (secondary N) is 1. The average molecular weight is 412 g/mol. The number of anilines is 1. The molecule has 7 heteroatoms. The number of carbonyl (C=O) groups is 1. The van der Waals surface area contributed by atoms with Crippen LogP contribution < -0.4 is 9.88 Å². The predicted molar refractivity (Wildman–Crippen MR) is 115 cm³/mol. The fourth-order valence-electron chi connectivity index (χ4n) is 3.17. The maximum Gasteiger partial charge on any atom is 0.274 e. The van der Waals surface area contributed by atoms with Gasteiger partial charge in [0.25, 0.3) is 5.82 Å². The quantitative estimate of drug-likeness (QED) is 0.604. The van der Waals surface area contributed by atoms with Crippen LogP contribution in [0.4, 0.5) is 5.82 Å². The first kappa shape index (κ1) is 19.0. The SMILES string of the molecule is Cc1ccc(-c2csc(SCC(=O)N3CCN(c4cccc[nH+]4)CC3)n2)cc1. The Morgan fingerprint density at radius 2 is 1.93 bits per heavy atom. The summed E-state index contributed by atoms with van der Waals surface area (Å²) < 4.78 is 0.946. The van der Waals surface area contributed by atoms with Crippen molar-refractivity contribution in [3.63, 3.8) is 0 Å². The fraction of sp³-hybridized carbons (Fsp3) is 0.286. The van der Waals surface area contributed by atoms with E-state index in [1.54, 1.807) is 11.3 Å². The monoisotopic (exact) mass is 411 g/mol. The molecular formula is C21H23N4OS2+. The van der Waals surface area contributed by atoms with Crippen molar-refractivity contribution >= 4 is 34.8 Å². The van der Waals surface area contributed by atoms with Gasteiger partial charge in [-0.15, -0.1) is 11.3 Å². The molecule has 2 aromatic heterocycles. The number of nitrogens with zero attached hydrogens (tertiary/aromatic N) is 3. The number of aromatic amines is 1. The van der Waals surface area contributed by atoms with Gasteiger partial charge in [-0.3, -0.25) is 9.69 Å². The summed E-state index contributed by atoms with van der Waals surface area (Å²) in [6.07, 6.45) is 1.93. The van der Waals surface area contributed by atoms with Gasteiger partial charge in [-0.1, -0.05) is 47.7 Å². The Morgan fingerprint density at radius 3 is 2.64 bits per heavy atom. The number of H-pyrrole nitrogens is 1. The molecule has 3 heterocycles. The second-order valence-corrected chi connectivity index (χ2v) is 8.85. The van der Waals surface area contributed by atoms with Gasteiger partial charge in [-0.2, -0.15) is 0 Å². The van der Waals surface area contributed by atoms with E-state index in [2.05, 4.69) is 57.5 Å². The van der Waals surface area contributed by atoms with E-state index in [9.17, 15) is 4.79 Å². The number of thiazole rings is 1. The van der Waals surface area contributed by atoms with Gasteiger partial charge in [0, 0.05) is 17.0 Å². The van der Waals surface area contributed by atoms with E-state index in [0.29, 0.717) is 5.75 Å². The maximum absolute atomic E-state index is 12.6. The summed E-state index contributed by atoms with van der Waals surface area (Å²) in [6, 6.07) is 14.4. The van der Waals surface area contributed by atoms with E-state index in [0.717, 1.165) is 47.6 Å². The van der Waals surface area contributed by atoms with Crippen LogP contribution in [0.2, 0.25) is 0 Å². The van der Waals surface area contributed by atoms with Crippen molar-refractivity contribution in [2.75, 3.05) is 36.8 Å². The van der Waals surface area contributed by atoms with Crippen LogP contribution in [0, 0.1) is 6.92 Å². The molecule has 0 aliphatic carbocycles. The molecule has 0 atom stereocenters. The first-order chi connectivity index (χ1) is 13.7. The first-order valence-electron chi connectivity index (χ1n) is 9.34. The normalized spacial score (nSPS) is 14.3. The van der Waals surface area contributed by atoms with Crippen molar-refractivity contribution in [3.8, 4) is 11.3 Å². The Labute approximate surface area is 173 Å². The number of piperazine rings is 1. The molecule has 28 heavy (non-hydrogen) atoms. The average Bonchev–Trinajstić information content (AvgIpc) is 3.22. The highest BCUT2D eigenvalue weighted by Crippen LogP contribution is 2.28. The van der Waals surface area contributed by atoms with Crippen LogP contribution in [0.5, 0.6) is 0 Å². The van der Waals surface area contributed by atoms with Crippen LogP contribution in [-0.4, -0.2) is 47.7 Å². The largest absolute Gasteiger partial charge is 0.334 e. The van der Waals surface area contributed by atoms with Crippen LogP contribution in [0.25, 0.3) is 11.3 Å². The van der Waals surface area contributed by atoms with E-state index in [4.69, 9.17) is 0 Å². The van der Waals surface area contributed by atoms with Gasteiger partial charge in [0.15, 0.2) is 4.34 Å². The van der Waals surface area contributed by atoms with Crippen molar-refractivity contribution in [1.82, 2.24) is 9.88 Å². The number of thioether (sulfide) groups is 1. The molecule has 0 saturated carbocycles. The molecule has 0 unspecified atom stereocenters. The lowest BCUT2D eigenvalue weighted by molar-refractivity contribution is -0.364. The summed E-state index contributed by atoms with van der Waals surface area (Å²) in [6.45, 7) is 5.30. The summed E-state index contributed by atoms with van der Waals surface area (Å²) in [5.74, 6) is 1.74. The molecule has 1 amide bonds. The molecule has 3 aromatic rings. The highest BCUT2D eigenvalue weighted by atomic mass is 32.2. The number of benzene rings is 1. The second-order valence-electron chi connectivity index (χ2n) is 6.77. The lowest BCUT2D eigenvalue weighted by Crippen LogP contribution is -2.50. The number of carbonyl (C=O) groups excluding carboxylic acids is 1. The van der Waals surface area contributed by atoms with Gasteiger partial charge in [-0.25, -0.2) is 9.97 Å². The van der Waals surface area contributed by atoms with Crippen LogP contribution in [-0.2, 0) is 4.79 Å². The summed E-state index contributed by atoms with van der Waals surface area (Å²) in [5.41, 5.74) is 3.34. The molecule has 0 bridgehead atoms. The molecule has 1 aliphatic heterocycles. The van der Waals surface area contributed by atoms with E-state index in [-0.39, 0.29) is 5.91 Å². The maximum atomic E-state index is 12.6. The molecule has 1 aliphatic rings. The fourth-order valence-corrected chi connectivity index (χ4v) is 4.91. The zero-order valence-corrected chi connectivity index (χ0v) is 17.4. The minimum atomic E-state index is 0.189. The Morgan fingerprint density at radius 1 is 1.14 bits per heavy atom. The van der Waals surface area contributed by atoms with Crippen molar-refractivity contribution in [3.05, 3.63) is 59.6 Å². The van der Waals surface area contributed by atoms with Crippen LogP contribution in [0.1, 0.15) is 5.56 Å². The number of aryl methyl sites for hydroxylation is 1. The number of hydrogen-bond donors (Lipinski definition) is 0. The van der Waals surface area contributed by atoms with Gasteiger partial charge in [0.2, 0.25) is 5.91 Å². The highest BCUT2D eigenvalue weighted by molar-refractivity contribution is 8.01. The topological polar surface area (TPSA) is 50.6 Å². The van der Waals surface area contributed by atoms with E-state index in [1.165, 1.54) is 17.3 Å². The van der Waals surface area contributed by atoms with E-state index in [1.807, 2.05) is 23.2 Å². The number of aromatic nitrogens is 2. The number of hydrogen-bond acceptors (Lipinski definition) is 5. The van der Waals surface area contributed by atoms with Crippen LogP contribution in [0.15, 0.2) is 58.4 Å². The standard InChI is InChI=1S/C21H22N4OS2/c1-16-5-7-17(8-6-16)18-14-27-21(23-18)28-15-20(26)25-12-10-24(11-13-25)19-4-2-3-9-22-19/h2-9,14H,10-13,15H2,1H3/p+1. The van der Waals surface area contributed by atoms with Crippen LogP contribution >= 0.6 is 23.1 Å². The zero-order chi connectivity index (χ0) is 19.3. The summed E-state index contributed by atoms with van der Waals surface area (Å²) in [5, 5.41) is 2.06. The van der Waals surface area contributed by atoms with Gasteiger partial charge in [0.05, 0.1) is 30.7 Å². The number of amides is 1. The van der Waals surface area contributed by atoms with Gasteiger partial charge in [0.1, 0.15) is 13.1 Å². The molecule has 1 saturated heterocycles. The highest BCUT2D eigenvalue weighted by Gasteiger charge is 2.26. The van der Waals surface area contributed by atoms with Crippen molar-refractivity contribution in [1.29, 1.82) is 0 Å². The molecular weight excluding hydrogens is 388 g/mol. The Hall–Kier alpha value is -2.38. The van der Waals surface area contributed by atoms with Gasteiger partial charge < -0.3 is 4.90 Å². The lowest BCUT2D eigenvalue weighted by Gasteiger charge is -2.30. The molecule has 1 aromatic carbocycles. The third kappa shape index (κ3) is 4.54. The molecule has 0 radical (unpaired) electrons. The number of pyridine rings is 1. The molecule has 0 spiro atoms. The van der Waals surface area contributed by atoms with Gasteiger partial charge >= 0.3 is 0 Å². The third-order valence-corrected chi connectivity index (χ3v) is 6.82. The van der Waals surface area contributed by atoms with Crippen molar-refractivity contribution < 1.29 is 9.78 Å². The van der Waals surface area contributed by atoms with Crippen molar-refractivity contribution in [2.24, 2.45) is 0 Å². The molecule has 5 nitrogen and oxygen atoms in total. The summed E-state index contributed by atoms with van der Waals surface area (Å²) in [4.78, 5) is 24.8. The lowest BCUT2D eigenvalue weighted by atomic mass is 10.1. The molecule has 144 valence electrons. The minimum absolute atomic E-state index is 0.189. The minimum Gasteiger partial charge on any atom is -0.334 e. The van der Waals surface area contributed by atoms with Crippen LogP contribution in [0.3, 0.4) is 0 Å². The summed E-state index contributed by atoms with van der Waals surface area (Å²) >= 11 is 3.14. The molecule has 1 N–H and O–H groups in total. The Bertz CT molecular complexity index is 919. The molecule has 4 rings (SSSR count).